The summed E-state index contributed by atoms with van der Waals surface area (Å²) < 4.78 is 77.7. The fourth-order valence-electron chi connectivity index (χ4n) is 1.63. The Balaban J connectivity index is 2.36. The zero-order valence-electron chi connectivity index (χ0n) is 10.7. The minimum absolute atomic E-state index is 0.131. The highest BCUT2D eigenvalue weighted by atomic mass is 79.9. The molecule has 0 heterocycles. The molecule has 2 aromatic carbocycles. The Morgan fingerprint density at radius 1 is 1.00 bits per heavy atom. The van der Waals surface area contributed by atoms with Crippen molar-refractivity contribution in [2.24, 2.45) is 0 Å². The van der Waals surface area contributed by atoms with Crippen molar-refractivity contribution in [1.29, 1.82) is 0 Å². The van der Waals surface area contributed by atoms with E-state index in [0.29, 0.717) is 16.6 Å². The smallest absolute Gasteiger partial charge is 0.280 e. The molecule has 22 heavy (non-hydrogen) atoms. The van der Waals surface area contributed by atoms with Gasteiger partial charge in [-0.1, -0.05) is 15.9 Å². The lowest BCUT2D eigenvalue weighted by Gasteiger charge is -2.12. The molecule has 3 nitrogen and oxygen atoms in total. The average Bonchev–Trinajstić information content (AvgIpc) is 2.40. The first-order valence-electron chi connectivity index (χ1n) is 5.75. The molecule has 0 bridgehead atoms. The van der Waals surface area contributed by atoms with Gasteiger partial charge < -0.3 is 0 Å². The van der Waals surface area contributed by atoms with Crippen LogP contribution in [0.1, 0.15) is 5.56 Å². The molecule has 0 unspecified atom stereocenters. The first kappa shape index (κ1) is 16.8. The molecular weight excluding hydrogens is 390 g/mol. The molecule has 0 atom stereocenters. The number of benzene rings is 2. The van der Waals surface area contributed by atoms with Gasteiger partial charge in [-0.2, -0.15) is 13.2 Å². The second kappa shape index (κ2) is 5.88. The molecule has 0 radical (unpaired) electrons. The van der Waals surface area contributed by atoms with E-state index in [0.717, 1.165) is 6.07 Å². The van der Waals surface area contributed by atoms with Gasteiger partial charge in [0.1, 0.15) is 5.82 Å². The van der Waals surface area contributed by atoms with Gasteiger partial charge in [0.05, 0.1) is 10.5 Å². The van der Waals surface area contributed by atoms with Gasteiger partial charge in [-0.3, -0.25) is 4.72 Å². The fourth-order valence-corrected chi connectivity index (χ4v) is 2.95. The van der Waals surface area contributed by atoms with Gasteiger partial charge in [-0.05, 0) is 42.5 Å². The number of hydrogen-bond donors (Lipinski definition) is 1. The summed E-state index contributed by atoms with van der Waals surface area (Å²) in [6.45, 7) is 0. The summed E-state index contributed by atoms with van der Waals surface area (Å²) in [6.07, 6.45) is -4.91. The van der Waals surface area contributed by atoms with Crippen LogP contribution in [0.3, 0.4) is 0 Å². The Bertz CT molecular complexity index is 789. The van der Waals surface area contributed by atoms with E-state index in [2.05, 4.69) is 15.9 Å². The Morgan fingerprint density at radius 3 is 2.14 bits per heavy atom. The van der Waals surface area contributed by atoms with E-state index < -0.39 is 27.6 Å². The summed E-state index contributed by atoms with van der Waals surface area (Å²) in [6, 6.07) is 7.39. The van der Waals surface area contributed by atoms with E-state index in [1.807, 2.05) is 4.72 Å². The van der Waals surface area contributed by atoms with Crippen LogP contribution in [0.15, 0.2) is 51.8 Å². The van der Waals surface area contributed by atoms with Gasteiger partial charge in [0.2, 0.25) is 0 Å². The molecule has 0 aromatic heterocycles. The predicted octanol–water partition coefficient (Wildman–Crippen LogP) is 4.41. The maximum absolute atomic E-state index is 13.2. The second-order valence-electron chi connectivity index (χ2n) is 4.25. The van der Waals surface area contributed by atoms with E-state index in [4.69, 9.17) is 0 Å². The summed E-state index contributed by atoms with van der Waals surface area (Å²) in [5.41, 5.74) is -1.92. The Kier molecular flexibility index (Phi) is 4.48. The molecule has 9 heteroatoms. The van der Waals surface area contributed by atoms with Crippen molar-refractivity contribution in [1.82, 2.24) is 0 Å². The molecule has 2 aromatic rings. The predicted molar refractivity (Wildman–Crippen MR) is 76.4 cm³/mol. The molecular formula is C13H8BrF4NO2S. The summed E-state index contributed by atoms with van der Waals surface area (Å²) in [5.74, 6) is -1.47. The van der Waals surface area contributed by atoms with E-state index in [1.165, 1.54) is 24.3 Å². The number of rotatable bonds is 3. The molecule has 0 fully saturated rings. The van der Waals surface area contributed by atoms with Crippen LogP contribution in [0.4, 0.5) is 23.2 Å². The number of alkyl halides is 3. The molecule has 0 amide bonds. The number of sulfonamides is 1. The van der Waals surface area contributed by atoms with Crippen molar-refractivity contribution in [3.8, 4) is 0 Å². The third-order valence-corrected chi connectivity index (χ3v) is 4.57. The maximum Gasteiger partial charge on any atom is 0.419 e. The minimum Gasteiger partial charge on any atom is -0.280 e. The molecule has 2 rings (SSSR count). The molecule has 0 saturated carbocycles. The van der Waals surface area contributed by atoms with Gasteiger partial charge in [-0.25, -0.2) is 12.8 Å². The molecule has 0 spiro atoms. The second-order valence-corrected chi connectivity index (χ2v) is 6.85. The van der Waals surface area contributed by atoms with Gasteiger partial charge in [0.15, 0.2) is 0 Å². The first-order valence-corrected chi connectivity index (χ1v) is 8.02. The highest BCUT2D eigenvalue weighted by Crippen LogP contribution is 2.33. The van der Waals surface area contributed by atoms with E-state index in [-0.39, 0.29) is 10.6 Å². The van der Waals surface area contributed by atoms with E-state index in [9.17, 15) is 26.0 Å². The van der Waals surface area contributed by atoms with Crippen LogP contribution in [0, 0.1) is 5.82 Å². The van der Waals surface area contributed by atoms with Crippen molar-refractivity contribution in [3.63, 3.8) is 0 Å². The van der Waals surface area contributed by atoms with Crippen molar-refractivity contribution in [3.05, 3.63) is 58.3 Å². The van der Waals surface area contributed by atoms with Crippen molar-refractivity contribution in [2.45, 2.75) is 11.1 Å². The van der Waals surface area contributed by atoms with E-state index in [1.54, 1.807) is 0 Å². The summed E-state index contributed by atoms with van der Waals surface area (Å²) in [5, 5.41) is 0. The Hall–Kier alpha value is -1.61. The lowest BCUT2D eigenvalue weighted by Crippen LogP contribution is -2.14. The largest absolute Gasteiger partial charge is 0.419 e. The zero-order valence-corrected chi connectivity index (χ0v) is 13.1. The maximum atomic E-state index is 13.2. The third-order valence-electron chi connectivity index (χ3n) is 2.65. The lowest BCUT2D eigenvalue weighted by atomic mass is 10.2. The highest BCUT2D eigenvalue weighted by Gasteiger charge is 2.34. The molecule has 0 aliphatic rings. The fraction of sp³-hybridized carbons (Fsp3) is 0.0769. The van der Waals surface area contributed by atoms with Crippen molar-refractivity contribution >= 4 is 31.6 Å². The molecule has 118 valence electrons. The van der Waals surface area contributed by atoms with Crippen molar-refractivity contribution < 1.29 is 26.0 Å². The summed E-state index contributed by atoms with van der Waals surface area (Å²) in [4.78, 5) is -0.131. The third kappa shape index (κ3) is 3.77. The van der Waals surface area contributed by atoms with Crippen LogP contribution in [-0.2, 0) is 16.2 Å². The molecule has 0 aliphatic heterocycles. The molecule has 0 saturated heterocycles. The van der Waals surface area contributed by atoms with Crippen LogP contribution in [0.25, 0.3) is 0 Å². The van der Waals surface area contributed by atoms with Crippen molar-refractivity contribution in [2.75, 3.05) is 4.72 Å². The normalized spacial score (nSPS) is 12.2. The molecule has 1 N–H and O–H groups in total. The van der Waals surface area contributed by atoms with Crippen LogP contribution < -0.4 is 4.72 Å². The molecule has 0 aliphatic carbocycles. The van der Waals surface area contributed by atoms with Gasteiger partial charge in [-0.15, -0.1) is 0 Å². The SMILES string of the molecule is O=S(=O)(Nc1ccc(F)c(C(F)(F)F)c1)c1ccc(Br)cc1. The monoisotopic (exact) mass is 397 g/mol. The topological polar surface area (TPSA) is 46.2 Å². The van der Waals surface area contributed by atoms with Gasteiger partial charge in [0, 0.05) is 10.2 Å². The number of hydrogen-bond acceptors (Lipinski definition) is 2. The summed E-state index contributed by atoms with van der Waals surface area (Å²) in [7, 11) is -4.07. The van der Waals surface area contributed by atoms with Crippen LogP contribution in [0.5, 0.6) is 0 Å². The minimum atomic E-state index is -4.91. The standard InChI is InChI=1S/C13H8BrF4NO2S/c14-8-1-4-10(5-2-8)22(20,21)19-9-3-6-12(15)11(7-9)13(16,17)18/h1-7,19H. The Morgan fingerprint density at radius 2 is 1.59 bits per heavy atom. The van der Waals surface area contributed by atoms with Gasteiger partial charge in [0.25, 0.3) is 10.0 Å². The average molecular weight is 398 g/mol. The zero-order chi connectivity index (χ0) is 16.5. The van der Waals surface area contributed by atoms with Crippen LogP contribution in [0.2, 0.25) is 0 Å². The number of nitrogens with one attached hydrogen (secondary N) is 1. The van der Waals surface area contributed by atoms with Crippen LogP contribution >= 0.6 is 15.9 Å². The number of halogens is 5. The first-order chi connectivity index (χ1) is 10.1. The van der Waals surface area contributed by atoms with Crippen LogP contribution in [-0.4, -0.2) is 8.42 Å². The van der Waals surface area contributed by atoms with E-state index >= 15 is 0 Å². The summed E-state index contributed by atoms with van der Waals surface area (Å²) >= 11 is 3.14. The number of anilines is 1. The lowest BCUT2D eigenvalue weighted by molar-refractivity contribution is -0.139. The quantitative estimate of drug-likeness (QED) is 0.779. The Labute approximate surface area is 132 Å². The van der Waals surface area contributed by atoms with Gasteiger partial charge >= 0.3 is 6.18 Å². The highest BCUT2D eigenvalue weighted by molar-refractivity contribution is 9.10.